The quantitative estimate of drug-likeness (QED) is 0.886. The molecule has 0 bridgehead atoms. The molecule has 0 saturated carbocycles. The van der Waals surface area contributed by atoms with Gasteiger partial charge in [-0.25, -0.2) is 9.18 Å². The maximum Gasteiger partial charge on any atom is 0.335 e. The molecule has 1 unspecified atom stereocenters. The van der Waals surface area contributed by atoms with E-state index in [0.717, 1.165) is 18.4 Å². The third kappa shape index (κ3) is 3.04. The summed E-state index contributed by atoms with van der Waals surface area (Å²) in [5.74, 6) is -0.746. The first-order chi connectivity index (χ1) is 11.5. The average Bonchev–Trinajstić information content (AvgIpc) is 2.54. The van der Waals surface area contributed by atoms with Crippen LogP contribution in [-0.2, 0) is 6.42 Å². The first kappa shape index (κ1) is 16.2. The number of aromatic carboxylic acids is 1. The van der Waals surface area contributed by atoms with Gasteiger partial charge in [-0.1, -0.05) is 25.5 Å². The molecular formula is C20H19FO3. The molecule has 0 aliphatic carbocycles. The zero-order valence-corrected chi connectivity index (χ0v) is 13.7. The number of halogens is 1. The fourth-order valence-electron chi connectivity index (χ4n) is 2.99. The minimum atomic E-state index is -1.02. The second-order valence-corrected chi connectivity index (χ2v) is 5.98. The van der Waals surface area contributed by atoms with Gasteiger partial charge >= 0.3 is 5.97 Å². The Morgan fingerprint density at radius 1 is 1.21 bits per heavy atom. The topological polar surface area (TPSA) is 46.5 Å². The van der Waals surface area contributed by atoms with Gasteiger partial charge in [-0.3, -0.25) is 0 Å². The van der Waals surface area contributed by atoms with Gasteiger partial charge in [-0.2, -0.15) is 0 Å². The van der Waals surface area contributed by atoms with E-state index in [2.05, 4.69) is 6.92 Å². The van der Waals surface area contributed by atoms with Crippen LogP contribution >= 0.6 is 0 Å². The second-order valence-electron chi connectivity index (χ2n) is 5.98. The van der Waals surface area contributed by atoms with Crippen molar-refractivity contribution in [1.82, 2.24) is 0 Å². The molecule has 24 heavy (non-hydrogen) atoms. The van der Waals surface area contributed by atoms with Gasteiger partial charge in [0.15, 0.2) is 0 Å². The molecule has 0 saturated heterocycles. The van der Waals surface area contributed by atoms with Gasteiger partial charge in [-0.05, 0) is 54.8 Å². The molecule has 1 aliphatic heterocycles. The predicted molar refractivity (Wildman–Crippen MR) is 91.0 cm³/mol. The Bertz CT molecular complexity index is 824. The van der Waals surface area contributed by atoms with E-state index in [4.69, 9.17) is 4.74 Å². The van der Waals surface area contributed by atoms with E-state index < -0.39 is 5.97 Å². The minimum Gasteiger partial charge on any atom is -0.486 e. The van der Waals surface area contributed by atoms with Crippen LogP contribution in [0, 0.1) is 5.82 Å². The van der Waals surface area contributed by atoms with Gasteiger partial charge < -0.3 is 9.84 Å². The van der Waals surface area contributed by atoms with Crippen molar-refractivity contribution in [3.8, 4) is 5.75 Å². The van der Waals surface area contributed by atoms with Crippen molar-refractivity contribution in [2.24, 2.45) is 0 Å². The lowest BCUT2D eigenvalue weighted by Gasteiger charge is -2.24. The molecule has 0 fully saturated rings. The smallest absolute Gasteiger partial charge is 0.335 e. The van der Waals surface area contributed by atoms with Crippen molar-refractivity contribution < 1.29 is 19.0 Å². The largest absolute Gasteiger partial charge is 0.486 e. The van der Waals surface area contributed by atoms with Gasteiger partial charge in [0.25, 0.3) is 0 Å². The molecule has 124 valence electrons. The first-order valence-corrected chi connectivity index (χ1v) is 8.04. The fourth-order valence-corrected chi connectivity index (χ4v) is 2.99. The maximum absolute atomic E-state index is 14.6. The van der Waals surface area contributed by atoms with Crippen molar-refractivity contribution in [2.75, 3.05) is 0 Å². The zero-order chi connectivity index (χ0) is 17.3. The Balaban J connectivity index is 2.11. The number of hydrogen-bond donors (Lipinski definition) is 1. The van der Waals surface area contributed by atoms with Crippen LogP contribution in [0.25, 0.3) is 5.57 Å². The van der Waals surface area contributed by atoms with Gasteiger partial charge in [0.2, 0.25) is 0 Å². The van der Waals surface area contributed by atoms with Gasteiger partial charge in [0.1, 0.15) is 17.7 Å². The molecule has 0 radical (unpaired) electrons. The summed E-state index contributed by atoms with van der Waals surface area (Å²) >= 11 is 0. The number of benzene rings is 2. The van der Waals surface area contributed by atoms with E-state index in [1.54, 1.807) is 18.2 Å². The summed E-state index contributed by atoms with van der Waals surface area (Å²) in [5, 5.41) is 9.21. The van der Waals surface area contributed by atoms with Crippen LogP contribution in [0.1, 0.15) is 47.3 Å². The summed E-state index contributed by atoms with van der Waals surface area (Å²) in [6.45, 7) is 3.93. The Kier molecular flexibility index (Phi) is 4.38. The first-order valence-electron chi connectivity index (χ1n) is 8.04. The molecule has 4 heteroatoms. The fraction of sp³-hybridized carbons (Fsp3) is 0.250. The highest BCUT2D eigenvalue weighted by Gasteiger charge is 2.22. The van der Waals surface area contributed by atoms with Crippen molar-refractivity contribution in [2.45, 2.75) is 32.8 Å². The van der Waals surface area contributed by atoms with Crippen LogP contribution in [0.2, 0.25) is 0 Å². The van der Waals surface area contributed by atoms with E-state index >= 15 is 0 Å². The molecule has 1 atom stereocenters. The average molecular weight is 326 g/mol. The van der Waals surface area contributed by atoms with E-state index in [-0.39, 0.29) is 17.5 Å². The molecule has 0 spiro atoms. The highest BCUT2D eigenvalue weighted by atomic mass is 19.1. The van der Waals surface area contributed by atoms with Crippen molar-refractivity contribution >= 4 is 11.5 Å². The van der Waals surface area contributed by atoms with Crippen LogP contribution in [0.5, 0.6) is 5.75 Å². The van der Waals surface area contributed by atoms with Crippen molar-refractivity contribution in [3.63, 3.8) is 0 Å². The molecule has 2 aromatic rings. The Morgan fingerprint density at radius 3 is 2.67 bits per heavy atom. The number of rotatable bonds is 4. The maximum atomic E-state index is 14.6. The molecule has 2 aromatic carbocycles. The summed E-state index contributed by atoms with van der Waals surface area (Å²) < 4.78 is 20.4. The van der Waals surface area contributed by atoms with E-state index in [9.17, 15) is 14.3 Å². The minimum absolute atomic E-state index is 0.154. The normalized spacial score (nSPS) is 16.1. The number of carbonyl (C=O) groups is 1. The number of aryl methyl sites for hydroxylation is 1. The Labute approximate surface area is 140 Å². The van der Waals surface area contributed by atoms with Crippen LogP contribution in [0.15, 0.2) is 42.5 Å². The van der Waals surface area contributed by atoms with Gasteiger partial charge in [-0.15, -0.1) is 0 Å². The molecule has 0 amide bonds. The zero-order valence-electron chi connectivity index (χ0n) is 13.7. The molecule has 3 nitrogen and oxygen atoms in total. The van der Waals surface area contributed by atoms with Crippen molar-refractivity contribution in [1.29, 1.82) is 0 Å². The lowest BCUT2D eigenvalue weighted by molar-refractivity contribution is 0.0697. The number of ether oxygens (including phenoxy) is 1. The lowest BCUT2D eigenvalue weighted by Crippen LogP contribution is -2.16. The lowest BCUT2D eigenvalue weighted by atomic mass is 9.91. The van der Waals surface area contributed by atoms with E-state index in [1.807, 2.05) is 19.1 Å². The molecule has 1 N–H and O–H groups in total. The Hall–Kier alpha value is -2.62. The standard InChI is InChI=1S/C20H19FO3/c1-3-4-13-5-7-15(18(21)10-13)16-9-12(2)24-19-8-6-14(20(22)23)11-17(16)19/h5-12H,3-4H2,1-2H3,(H,22,23). The summed E-state index contributed by atoms with van der Waals surface area (Å²) in [5.41, 5.74) is 2.86. The monoisotopic (exact) mass is 326 g/mol. The summed E-state index contributed by atoms with van der Waals surface area (Å²) in [7, 11) is 0. The predicted octanol–water partition coefficient (Wildman–Crippen LogP) is 4.69. The Morgan fingerprint density at radius 2 is 2.00 bits per heavy atom. The number of carboxylic acid groups (broad SMARTS) is 1. The third-order valence-electron chi connectivity index (χ3n) is 4.09. The molecular weight excluding hydrogens is 307 g/mol. The molecule has 1 aliphatic rings. The van der Waals surface area contributed by atoms with Gasteiger partial charge in [0.05, 0.1) is 5.56 Å². The summed E-state index contributed by atoms with van der Waals surface area (Å²) in [6.07, 6.45) is 3.40. The second kappa shape index (κ2) is 6.48. The number of fused-ring (bicyclic) bond motifs is 1. The number of carboxylic acids is 1. The SMILES string of the molecule is CCCc1ccc(C2=CC(C)Oc3ccc(C(=O)O)cc32)c(F)c1. The highest BCUT2D eigenvalue weighted by molar-refractivity contribution is 5.92. The molecule has 3 rings (SSSR count). The van der Waals surface area contributed by atoms with Crippen LogP contribution < -0.4 is 4.74 Å². The summed E-state index contributed by atoms with van der Waals surface area (Å²) in [4.78, 5) is 11.2. The molecule has 0 aromatic heterocycles. The van der Waals surface area contributed by atoms with Crippen LogP contribution in [0.4, 0.5) is 4.39 Å². The van der Waals surface area contributed by atoms with E-state index in [1.165, 1.54) is 12.1 Å². The highest BCUT2D eigenvalue weighted by Crippen LogP contribution is 2.37. The molecule has 1 heterocycles. The van der Waals surface area contributed by atoms with Crippen molar-refractivity contribution in [3.05, 3.63) is 70.5 Å². The van der Waals surface area contributed by atoms with E-state index in [0.29, 0.717) is 22.4 Å². The van der Waals surface area contributed by atoms with Crippen LogP contribution in [-0.4, -0.2) is 17.2 Å². The van der Waals surface area contributed by atoms with Crippen LogP contribution in [0.3, 0.4) is 0 Å². The van der Waals surface area contributed by atoms with Gasteiger partial charge in [0, 0.05) is 11.1 Å². The summed E-state index contributed by atoms with van der Waals surface area (Å²) in [6, 6.07) is 9.91. The third-order valence-corrected chi connectivity index (χ3v) is 4.09. The number of hydrogen-bond acceptors (Lipinski definition) is 2.